The van der Waals surface area contributed by atoms with E-state index >= 15 is 0 Å². The maximum absolute atomic E-state index is 12.4. The van der Waals surface area contributed by atoms with Gasteiger partial charge in [-0.3, -0.25) is 4.79 Å². The maximum Gasteiger partial charge on any atom is 0.238 e. The molecule has 0 fully saturated rings. The molecule has 0 saturated carbocycles. The SMILES string of the molecule is COc1ccc(NC(=O)[C@@H](Br)Cc2ccccc2Cl)c(OC)c1. The van der Waals surface area contributed by atoms with Crippen molar-refractivity contribution in [3.05, 3.63) is 53.1 Å². The van der Waals surface area contributed by atoms with E-state index in [0.29, 0.717) is 28.6 Å². The van der Waals surface area contributed by atoms with Crippen LogP contribution in [0.4, 0.5) is 5.69 Å². The van der Waals surface area contributed by atoms with Gasteiger partial charge < -0.3 is 14.8 Å². The maximum atomic E-state index is 12.4. The Labute approximate surface area is 148 Å². The summed E-state index contributed by atoms with van der Waals surface area (Å²) < 4.78 is 10.4. The third kappa shape index (κ3) is 4.62. The molecule has 2 rings (SSSR count). The van der Waals surface area contributed by atoms with Crippen molar-refractivity contribution in [2.24, 2.45) is 0 Å². The topological polar surface area (TPSA) is 47.6 Å². The zero-order chi connectivity index (χ0) is 16.8. The fraction of sp³-hybridized carbons (Fsp3) is 0.235. The first kappa shape index (κ1) is 17.6. The van der Waals surface area contributed by atoms with Crippen molar-refractivity contribution in [1.82, 2.24) is 0 Å². The molecule has 2 aromatic rings. The van der Waals surface area contributed by atoms with Crippen molar-refractivity contribution in [1.29, 1.82) is 0 Å². The van der Waals surface area contributed by atoms with Crippen LogP contribution in [-0.4, -0.2) is 25.0 Å². The van der Waals surface area contributed by atoms with Gasteiger partial charge in [0.15, 0.2) is 0 Å². The van der Waals surface area contributed by atoms with Crippen molar-refractivity contribution in [2.75, 3.05) is 19.5 Å². The van der Waals surface area contributed by atoms with Crippen LogP contribution < -0.4 is 14.8 Å². The molecule has 0 heterocycles. The number of anilines is 1. The molecule has 1 amide bonds. The highest BCUT2D eigenvalue weighted by Crippen LogP contribution is 2.29. The molecule has 0 bridgehead atoms. The van der Waals surface area contributed by atoms with Crippen LogP contribution >= 0.6 is 27.5 Å². The summed E-state index contributed by atoms with van der Waals surface area (Å²) in [6, 6.07) is 12.7. The Bertz CT molecular complexity index is 693. The van der Waals surface area contributed by atoms with E-state index in [0.717, 1.165) is 5.56 Å². The van der Waals surface area contributed by atoms with Crippen molar-refractivity contribution >= 4 is 39.1 Å². The van der Waals surface area contributed by atoms with E-state index in [9.17, 15) is 4.79 Å². The predicted molar refractivity (Wildman–Crippen MR) is 96.0 cm³/mol. The van der Waals surface area contributed by atoms with E-state index in [4.69, 9.17) is 21.1 Å². The minimum atomic E-state index is -0.408. The van der Waals surface area contributed by atoms with Gasteiger partial charge >= 0.3 is 0 Å². The van der Waals surface area contributed by atoms with Gasteiger partial charge in [0.1, 0.15) is 11.5 Å². The van der Waals surface area contributed by atoms with Gasteiger partial charge in [0.2, 0.25) is 5.91 Å². The Kier molecular flexibility index (Phi) is 6.30. The second-order valence-corrected chi connectivity index (χ2v) is 6.33. The summed E-state index contributed by atoms with van der Waals surface area (Å²) in [5.41, 5.74) is 1.50. The number of rotatable bonds is 6. The number of methoxy groups -OCH3 is 2. The van der Waals surface area contributed by atoms with Crippen LogP contribution in [0.15, 0.2) is 42.5 Å². The van der Waals surface area contributed by atoms with Gasteiger partial charge in [-0.05, 0) is 30.2 Å². The normalized spacial score (nSPS) is 11.7. The number of ether oxygens (including phenoxy) is 2. The van der Waals surface area contributed by atoms with Gasteiger partial charge in [0.05, 0.1) is 24.7 Å². The summed E-state index contributed by atoms with van der Waals surface area (Å²) >= 11 is 9.54. The Morgan fingerprint density at radius 1 is 1.22 bits per heavy atom. The highest BCUT2D eigenvalue weighted by molar-refractivity contribution is 9.10. The lowest BCUT2D eigenvalue weighted by Gasteiger charge is -2.14. The number of carbonyl (C=O) groups is 1. The third-order valence-corrected chi connectivity index (χ3v) is 4.42. The molecule has 1 N–H and O–H groups in total. The smallest absolute Gasteiger partial charge is 0.238 e. The summed E-state index contributed by atoms with van der Waals surface area (Å²) in [7, 11) is 3.12. The highest BCUT2D eigenvalue weighted by atomic mass is 79.9. The number of hydrogen-bond donors (Lipinski definition) is 1. The average molecular weight is 399 g/mol. The molecule has 122 valence electrons. The van der Waals surface area contributed by atoms with Crippen molar-refractivity contribution < 1.29 is 14.3 Å². The van der Waals surface area contributed by atoms with Gasteiger partial charge in [0.25, 0.3) is 0 Å². The van der Waals surface area contributed by atoms with Crippen LogP contribution in [0.2, 0.25) is 5.02 Å². The molecule has 0 aliphatic heterocycles. The van der Waals surface area contributed by atoms with E-state index in [1.54, 1.807) is 38.5 Å². The molecule has 1 atom stereocenters. The molecule has 0 aliphatic carbocycles. The number of carbonyl (C=O) groups excluding carboxylic acids is 1. The average Bonchev–Trinajstić information content (AvgIpc) is 2.57. The molecule has 0 saturated heterocycles. The molecule has 4 nitrogen and oxygen atoms in total. The zero-order valence-corrected chi connectivity index (χ0v) is 15.1. The fourth-order valence-electron chi connectivity index (χ4n) is 2.06. The minimum absolute atomic E-state index is 0.173. The van der Waals surface area contributed by atoms with Crippen molar-refractivity contribution in [2.45, 2.75) is 11.2 Å². The molecule has 6 heteroatoms. The second-order valence-electron chi connectivity index (χ2n) is 4.82. The summed E-state index contributed by atoms with van der Waals surface area (Å²) in [6.07, 6.45) is 0.490. The van der Waals surface area contributed by atoms with Crippen LogP contribution in [0.25, 0.3) is 0 Å². The number of hydrogen-bond acceptors (Lipinski definition) is 3. The van der Waals surface area contributed by atoms with E-state index < -0.39 is 4.83 Å². The van der Waals surface area contributed by atoms with Crippen LogP contribution in [0.1, 0.15) is 5.56 Å². The Balaban J connectivity index is 2.08. The summed E-state index contributed by atoms with van der Waals surface area (Å²) in [5, 5.41) is 3.49. The summed E-state index contributed by atoms with van der Waals surface area (Å²) in [5.74, 6) is 1.02. The van der Waals surface area contributed by atoms with E-state index in [2.05, 4.69) is 21.2 Å². The number of nitrogens with one attached hydrogen (secondary N) is 1. The number of halogens is 2. The van der Waals surface area contributed by atoms with Gasteiger partial charge in [-0.1, -0.05) is 45.7 Å². The van der Waals surface area contributed by atoms with Gasteiger partial charge in [-0.25, -0.2) is 0 Å². The van der Waals surface area contributed by atoms with Crippen molar-refractivity contribution in [3.8, 4) is 11.5 Å². The van der Waals surface area contributed by atoms with E-state index in [1.165, 1.54) is 0 Å². The molecule has 0 radical (unpaired) electrons. The monoisotopic (exact) mass is 397 g/mol. The van der Waals surface area contributed by atoms with E-state index in [1.807, 2.05) is 18.2 Å². The molecule has 2 aromatic carbocycles. The zero-order valence-electron chi connectivity index (χ0n) is 12.8. The molecular formula is C17H17BrClNO3. The second kappa shape index (κ2) is 8.22. The highest BCUT2D eigenvalue weighted by Gasteiger charge is 2.18. The number of amides is 1. The Hall–Kier alpha value is -1.72. The lowest BCUT2D eigenvalue weighted by molar-refractivity contribution is -0.115. The van der Waals surface area contributed by atoms with Crippen LogP contribution in [-0.2, 0) is 11.2 Å². The van der Waals surface area contributed by atoms with Crippen molar-refractivity contribution in [3.63, 3.8) is 0 Å². The minimum Gasteiger partial charge on any atom is -0.497 e. The Morgan fingerprint density at radius 2 is 1.96 bits per heavy atom. The lowest BCUT2D eigenvalue weighted by atomic mass is 10.1. The number of benzene rings is 2. The lowest BCUT2D eigenvalue weighted by Crippen LogP contribution is -2.25. The van der Waals surface area contributed by atoms with Crippen LogP contribution in [0, 0.1) is 0 Å². The predicted octanol–water partition coefficient (Wildman–Crippen LogP) is 4.30. The number of alkyl halides is 1. The standard InChI is InChI=1S/C17H17BrClNO3/c1-22-12-7-8-15(16(10-12)23-2)20-17(21)13(18)9-11-5-3-4-6-14(11)19/h3-8,10,13H,9H2,1-2H3,(H,20,21)/t13-/m0/s1. The largest absolute Gasteiger partial charge is 0.497 e. The van der Waals surface area contributed by atoms with Gasteiger partial charge in [-0.15, -0.1) is 0 Å². The summed E-state index contributed by atoms with van der Waals surface area (Å²) in [6.45, 7) is 0. The third-order valence-electron chi connectivity index (χ3n) is 3.31. The first-order valence-corrected chi connectivity index (χ1v) is 8.25. The summed E-state index contributed by atoms with van der Waals surface area (Å²) in [4.78, 5) is 12.0. The molecule has 0 spiro atoms. The molecule has 0 unspecified atom stereocenters. The molecule has 0 aromatic heterocycles. The first-order chi connectivity index (χ1) is 11.0. The van der Waals surface area contributed by atoms with E-state index in [-0.39, 0.29) is 5.91 Å². The molecule has 0 aliphatic rings. The van der Waals surface area contributed by atoms with Crippen LogP contribution in [0.3, 0.4) is 0 Å². The van der Waals surface area contributed by atoms with Gasteiger partial charge in [-0.2, -0.15) is 0 Å². The Morgan fingerprint density at radius 3 is 2.61 bits per heavy atom. The first-order valence-electron chi connectivity index (χ1n) is 6.95. The van der Waals surface area contributed by atoms with Crippen LogP contribution in [0.5, 0.6) is 11.5 Å². The molecular weight excluding hydrogens is 382 g/mol. The quantitative estimate of drug-likeness (QED) is 0.738. The van der Waals surface area contributed by atoms with Gasteiger partial charge in [0, 0.05) is 11.1 Å². The fourth-order valence-corrected chi connectivity index (χ4v) is 2.74. The molecule has 23 heavy (non-hydrogen) atoms.